The van der Waals surface area contributed by atoms with E-state index in [0.717, 1.165) is 36.1 Å². The van der Waals surface area contributed by atoms with Crippen LogP contribution in [0.25, 0.3) is 10.2 Å². The van der Waals surface area contributed by atoms with Crippen molar-refractivity contribution in [2.24, 2.45) is 0 Å². The van der Waals surface area contributed by atoms with Crippen molar-refractivity contribution in [1.29, 1.82) is 0 Å². The van der Waals surface area contributed by atoms with Crippen molar-refractivity contribution < 1.29 is 9.72 Å². The molecule has 4 rings (SSSR count). The van der Waals surface area contributed by atoms with Gasteiger partial charge in [0.2, 0.25) is 5.91 Å². The molecule has 0 bridgehead atoms. The summed E-state index contributed by atoms with van der Waals surface area (Å²) in [5.41, 5.74) is 1.75. The molecule has 3 aromatic rings. The van der Waals surface area contributed by atoms with Gasteiger partial charge in [-0.1, -0.05) is 12.1 Å². The Hall–Kier alpha value is -3.07. The van der Waals surface area contributed by atoms with Crippen LogP contribution in [0.2, 0.25) is 0 Å². The van der Waals surface area contributed by atoms with E-state index in [-0.39, 0.29) is 36.2 Å². The first-order chi connectivity index (χ1) is 14.9. The maximum absolute atomic E-state index is 13.0. The summed E-state index contributed by atoms with van der Waals surface area (Å²) in [4.78, 5) is 44.5. The van der Waals surface area contributed by atoms with Gasteiger partial charge in [0.25, 0.3) is 11.2 Å². The molecule has 9 heteroatoms. The van der Waals surface area contributed by atoms with Crippen LogP contribution >= 0.6 is 11.3 Å². The molecule has 0 radical (unpaired) electrons. The lowest BCUT2D eigenvalue weighted by Crippen LogP contribution is -2.31. The minimum absolute atomic E-state index is 0.00442. The smallest absolute Gasteiger partial charge is 0.269 e. The maximum Gasteiger partial charge on any atom is 0.269 e. The molecule has 1 aromatic carbocycles. The molecule has 2 heterocycles. The molecule has 1 unspecified atom stereocenters. The third-order valence-corrected chi connectivity index (χ3v) is 7.25. The molecule has 0 fully saturated rings. The number of nitrogens with zero attached hydrogens (tertiary/aromatic N) is 4. The van der Waals surface area contributed by atoms with Crippen LogP contribution in [0.4, 0.5) is 5.69 Å². The predicted octanol–water partition coefficient (Wildman–Crippen LogP) is 3.85. The van der Waals surface area contributed by atoms with Crippen molar-refractivity contribution in [2.75, 3.05) is 7.05 Å². The Kier molecular flexibility index (Phi) is 5.86. The summed E-state index contributed by atoms with van der Waals surface area (Å²) in [5, 5.41) is 11.7. The molecule has 31 heavy (non-hydrogen) atoms. The maximum atomic E-state index is 13.0. The van der Waals surface area contributed by atoms with E-state index in [9.17, 15) is 19.7 Å². The first-order valence-corrected chi connectivity index (χ1v) is 11.2. The number of hydrogen-bond donors (Lipinski definition) is 0. The highest BCUT2D eigenvalue weighted by atomic mass is 32.1. The number of amides is 1. The highest BCUT2D eigenvalue weighted by Crippen LogP contribution is 2.33. The van der Waals surface area contributed by atoms with Gasteiger partial charge in [-0.25, -0.2) is 4.98 Å². The Morgan fingerprint density at radius 3 is 2.90 bits per heavy atom. The Morgan fingerprint density at radius 1 is 1.35 bits per heavy atom. The number of carbonyl (C=O) groups is 1. The molecule has 0 aliphatic heterocycles. The summed E-state index contributed by atoms with van der Waals surface area (Å²) in [6.07, 6.45) is 5.84. The Bertz CT molecular complexity index is 1220. The fraction of sp³-hybridized carbons (Fsp3) is 0.409. The predicted molar refractivity (Wildman–Crippen MR) is 119 cm³/mol. The van der Waals surface area contributed by atoms with Crippen LogP contribution in [0.3, 0.4) is 0 Å². The van der Waals surface area contributed by atoms with E-state index in [1.54, 1.807) is 35.4 Å². The standard InChI is InChI=1S/C22H24N4O4S/c1-14(15-6-5-7-16(12-15)26(29)30)24(2)19(27)10-11-25-13-23-21-20(22(25)28)17-8-3-4-9-18(17)31-21/h5-7,12-14H,3-4,8-11H2,1-2H3. The normalized spacial score (nSPS) is 14.3. The van der Waals surface area contributed by atoms with Gasteiger partial charge in [-0.2, -0.15) is 0 Å². The molecular weight excluding hydrogens is 416 g/mol. The van der Waals surface area contributed by atoms with Crippen molar-refractivity contribution in [3.63, 3.8) is 0 Å². The van der Waals surface area contributed by atoms with Gasteiger partial charge in [-0.3, -0.25) is 24.3 Å². The number of aryl methyl sites for hydroxylation is 3. The van der Waals surface area contributed by atoms with Crippen LogP contribution < -0.4 is 5.56 Å². The number of non-ortho nitro benzene ring substituents is 1. The SMILES string of the molecule is CC(c1cccc([N+](=O)[O-])c1)N(C)C(=O)CCn1cnc2sc3c(c2c1=O)CCCC3. The molecule has 1 amide bonds. The van der Waals surface area contributed by atoms with Gasteiger partial charge < -0.3 is 4.90 Å². The number of thiophene rings is 1. The van der Waals surface area contributed by atoms with E-state index < -0.39 is 4.92 Å². The number of hydrogen-bond acceptors (Lipinski definition) is 6. The van der Waals surface area contributed by atoms with Gasteiger partial charge >= 0.3 is 0 Å². The van der Waals surface area contributed by atoms with Gasteiger partial charge in [-0.05, 0) is 43.7 Å². The Labute approximate surface area is 183 Å². The minimum Gasteiger partial charge on any atom is -0.339 e. The fourth-order valence-electron chi connectivity index (χ4n) is 4.07. The lowest BCUT2D eigenvalue weighted by atomic mass is 9.97. The monoisotopic (exact) mass is 440 g/mol. The Morgan fingerprint density at radius 2 is 2.13 bits per heavy atom. The number of carbonyl (C=O) groups excluding carboxylic acids is 1. The van der Waals surface area contributed by atoms with Gasteiger partial charge in [0.1, 0.15) is 4.83 Å². The minimum atomic E-state index is -0.448. The molecule has 2 aromatic heterocycles. The molecule has 1 aliphatic carbocycles. The van der Waals surface area contributed by atoms with Crippen molar-refractivity contribution in [3.8, 4) is 0 Å². The van der Waals surface area contributed by atoms with Crippen LogP contribution in [0.5, 0.6) is 0 Å². The molecule has 0 N–H and O–H groups in total. The van der Waals surface area contributed by atoms with E-state index in [1.807, 2.05) is 6.92 Å². The second-order valence-corrected chi connectivity index (χ2v) is 9.00. The van der Waals surface area contributed by atoms with Crippen molar-refractivity contribution in [2.45, 2.75) is 51.6 Å². The lowest BCUT2D eigenvalue weighted by Gasteiger charge is -2.25. The van der Waals surface area contributed by atoms with Gasteiger partial charge in [0, 0.05) is 37.0 Å². The number of nitro groups is 1. The van der Waals surface area contributed by atoms with Gasteiger partial charge in [-0.15, -0.1) is 11.3 Å². The van der Waals surface area contributed by atoms with Crippen molar-refractivity contribution >= 4 is 33.1 Å². The van der Waals surface area contributed by atoms with E-state index in [2.05, 4.69) is 4.98 Å². The van der Waals surface area contributed by atoms with Crippen molar-refractivity contribution in [3.05, 3.63) is 67.1 Å². The summed E-state index contributed by atoms with van der Waals surface area (Å²) in [6.45, 7) is 2.08. The highest BCUT2D eigenvalue weighted by Gasteiger charge is 2.22. The van der Waals surface area contributed by atoms with Crippen LogP contribution in [-0.4, -0.2) is 32.3 Å². The molecular formula is C22H24N4O4S. The van der Waals surface area contributed by atoms with Crippen LogP contribution in [0.1, 0.15) is 48.2 Å². The molecule has 0 saturated carbocycles. The van der Waals surface area contributed by atoms with Crippen LogP contribution in [0, 0.1) is 10.1 Å². The molecule has 1 aliphatic rings. The molecule has 162 valence electrons. The zero-order valence-corrected chi connectivity index (χ0v) is 18.4. The second kappa shape index (κ2) is 8.58. The summed E-state index contributed by atoms with van der Waals surface area (Å²) in [7, 11) is 1.67. The average molecular weight is 441 g/mol. The van der Waals surface area contributed by atoms with E-state index >= 15 is 0 Å². The van der Waals surface area contributed by atoms with Gasteiger partial charge in [0.15, 0.2) is 0 Å². The van der Waals surface area contributed by atoms with Crippen LogP contribution in [-0.2, 0) is 24.2 Å². The zero-order chi connectivity index (χ0) is 22.1. The topological polar surface area (TPSA) is 98.3 Å². The lowest BCUT2D eigenvalue weighted by molar-refractivity contribution is -0.384. The average Bonchev–Trinajstić information content (AvgIpc) is 3.16. The summed E-state index contributed by atoms with van der Waals surface area (Å²) >= 11 is 1.61. The number of aromatic nitrogens is 2. The Balaban J connectivity index is 1.49. The molecule has 8 nitrogen and oxygen atoms in total. The number of nitro benzene ring substituents is 1. The quantitative estimate of drug-likeness (QED) is 0.428. The van der Waals surface area contributed by atoms with E-state index in [0.29, 0.717) is 10.9 Å². The molecule has 1 atom stereocenters. The van der Waals surface area contributed by atoms with E-state index in [4.69, 9.17) is 0 Å². The molecule has 0 spiro atoms. The third-order valence-electron chi connectivity index (χ3n) is 6.05. The zero-order valence-electron chi connectivity index (χ0n) is 17.5. The molecule has 0 saturated heterocycles. The fourth-order valence-corrected chi connectivity index (χ4v) is 5.29. The first-order valence-electron chi connectivity index (χ1n) is 10.4. The number of benzene rings is 1. The third kappa shape index (κ3) is 4.10. The van der Waals surface area contributed by atoms with Crippen LogP contribution in [0.15, 0.2) is 35.4 Å². The van der Waals surface area contributed by atoms with Crippen molar-refractivity contribution in [1.82, 2.24) is 14.5 Å². The van der Waals surface area contributed by atoms with E-state index in [1.165, 1.54) is 27.9 Å². The second-order valence-electron chi connectivity index (χ2n) is 7.92. The number of rotatable bonds is 6. The highest BCUT2D eigenvalue weighted by molar-refractivity contribution is 7.18. The largest absolute Gasteiger partial charge is 0.339 e. The summed E-state index contributed by atoms with van der Waals surface area (Å²) in [5.74, 6) is -0.140. The summed E-state index contributed by atoms with van der Waals surface area (Å²) in [6, 6.07) is 5.97. The van der Waals surface area contributed by atoms with Gasteiger partial charge in [0.05, 0.1) is 22.7 Å². The number of fused-ring (bicyclic) bond motifs is 3. The first kappa shape index (κ1) is 21.2. The summed E-state index contributed by atoms with van der Waals surface area (Å²) < 4.78 is 1.52.